The third kappa shape index (κ3) is 3.00. The average Bonchev–Trinajstić information content (AvgIpc) is 3.11. The van der Waals surface area contributed by atoms with Crippen molar-refractivity contribution in [2.45, 2.75) is 44.5 Å². The number of nitrogens with zero attached hydrogens (tertiary/aromatic N) is 1. The van der Waals surface area contributed by atoms with Gasteiger partial charge in [-0.1, -0.05) is 18.5 Å². The van der Waals surface area contributed by atoms with Crippen LogP contribution in [0.25, 0.3) is 0 Å². The largest absolute Gasteiger partial charge is 0.467 e. The number of hydrogen-bond donors (Lipinski definition) is 1. The molecular weight excluding hydrogens is 316 g/mol. The molecular formula is C17H21ClN2OS. The van der Waals surface area contributed by atoms with E-state index in [1.54, 1.807) is 6.26 Å². The van der Waals surface area contributed by atoms with Gasteiger partial charge in [0.15, 0.2) is 0 Å². The van der Waals surface area contributed by atoms with Gasteiger partial charge in [0.05, 0.1) is 18.5 Å². The van der Waals surface area contributed by atoms with Crippen LogP contribution in [0.4, 0.5) is 0 Å². The van der Waals surface area contributed by atoms with Crippen molar-refractivity contribution >= 4 is 23.4 Å². The van der Waals surface area contributed by atoms with Gasteiger partial charge in [-0.2, -0.15) is 0 Å². The number of rotatable bonds is 5. The van der Waals surface area contributed by atoms with Gasteiger partial charge < -0.3 is 15.1 Å². The molecule has 0 fully saturated rings. The van der Waals surface area contributed by atoms with Gasteiger partial charge in [0.2, 0.25) is 0 Å². The summed E-state index contributed by atoms with van der Waals surface area (Å²) in [5.74, 6) is 0.909. The highest BCUT2D eigenvalue weighted by atomic mass is 35.5. The number of hydrogen-bond acceptors (Lipinski definition) is 4. The molecule has 0 saturated heterocycles. The highest BCUT2D eigenvalue weighted by Gasteiger charge is 2.34. The van der Waals surface area contributed by atoms with Crippen molar-refractivity contribution in [3.8, 4) is 0 Å². The van der Waals surface area contributed by atoms with E-state index in [1.807, 2.05) is 30.0 Å². The molecule has 2 aliphatic rings. The first-order valence-corrected chi connectivity index (χ1v) is 8.86. The van der Waals surface area contributed by atoms with E-state index in [-0.39, 0.29) is 6.04 Å². The van der Waals surface area contributed by atoms with Crippen molar-refractivity contribution in [2.75, 3.05) is 0 Å². The minimum atomic E-state index is 0.246. The Morgan fingerprint density at radius 1 is 1.45 bits per heavy atom. The molecule has 2 atom stereocenters. The van der Waals surface area contributed by atoms with Crippen molar-refractivity contribution in [3.05, 3.63) is 57.6 Å². The van der Waals surface area contributed by atoms with Crippen LogP contribution in [0, 0.1) is 0 Å². The van der Waals surface area contributed by atoms with Gasteiger partial charge in [-0.25, -0.2) is 0 Å². The van der Waals surface area contributed by atoms with Crippen LogP contribution < -0.4 is 5.73 Å². The molecule has 0 spiro atoms. The van der Waals surface area contributed by atoms with Crippen LogP contribution in [0.2, 0.25) is 0 Å². The number of furan rings is 1. The predicted molar refractivity (Wildman–Crippen MR) is 93.2 cm³/mol. The fourth-order valence-electron chi connectivity index (χ4n) is 2.83. The lowest BCUT2D eigenvalue weighted by molar-refractivity contribution is 0.382. The van der Waals surface area contributed by atoms with Crippen LogP contribution in [0.5, 0.6) is 0 Å². The van der Waals surface area contributed by atoms with E-state index in [4.69, 9.17) is 21.8 Å². The molecule has 0 aromatic carbocycles. The molecule has 5 heteroatoms. The van der Waals surface area contributed by atoms with Crippen LogP contribution in [-0.2, 0) is 6.54 Å². The van der Waals surface area contributed by atoms with Gasteiger partial charge in [0.1, 0.15) is 10.9 Å². The molecule has 2 aliphatic heterocycles. The summed E-state index contributed by atoms with van der Waals surface area (Å²) >= 11 is 8.34. The van der Waals surface area contributed by atoms with E-state index >= 15 is 0 Å². The van der Waals surface area contributed by atoms with Crippen LogP contribution in [0.3, 0.4) is 0 Å². The summed E-state index contributed by atoms with van der Waals surface area (Å²) in [4.78, 5) is 3.41. The Kier molecular flexibility index (Phi) is 4.71. The zero-order valence-electron chi connectivity index (χ0n) is 12.9. The van der Waals surface area contributed by atoms with Crippen molar-refractivity contribution in [1.29, 1.82) is 0 Å². The normalized spacial score (nSPS) is 22.5. The molecule has 1 aromatic heterocycles. The number of fused-ring (bicyclic) bond motifs is 1. The maximum absolute atomic E-state index is 6.44. The highest BCUT2D eigenvalue weighted by Crippen LogP contribution is 2.48. The lowest BCUT2D eigenvalue weighted by atomic mass is 10.0. The predicted octanol–water partition coefficient (Wildman–Crippen LogP) is 4.58. The fourth-order valence-corrected chi connectivity index (χ4v) is 4.50. The Bertz CT molecular complexity index is 633. The molecule has 0 aliphatic carbocycles. The first kappa shape index (κ1) is 15.8. The molecule has 0 bridgehead atoms. The Morgan fingerprint density at radius 3 is 2.95 bits per heavy atom. The van der Waals surface area contributed by atoms with Crippen LogP contribution >= 0.6 is 23.4 Å². The molecule has 118 valence electrons. The van der Waals surface area contributed by atoms with E-state index in [1.165, 1.54) is 16.2 Å². The van der Waals surface area contributed by atoms with Crippen LogP contribution in [0.1, 0.15) is 32.4 Å². The number of thioether (sulfide) groups is 1. The van der Waals surface area contributed by atoms with Gasteiger partial charge in [0.25, 0.3) is 0 Å². The summed E-state index contributed by atoms with van der Waals surface area (Å²) in [5.41, 5.74) is 8.74. The quantitative estimate of drug-likeness (QED) is 0.799. The van der Waals surface area contributed by atoms with Crippen LogP contribution in [-0.4, -0.2) is 16.2 Å². The summed E-state index contributed by atoms with van der Waals surface area (Å²) < 4.78 is 5.48. The molecule has 3 rings (SSSR count). The third-order valence-electron chi connectivity index (χ3n) is 4.19. The summed E-state index contributed by atoms with van der Waals surface area (Å²) in [6, 6.07) is 4.13. The summed E-state index contributed by atoms with van der Waals surface area (Å²) in [7, 11) is 0. The standard InChI is InChI=1S/C17H21ClN2OS/c1-3-12(19)9-15-11(2)17-14(22-15)6-7-16(18)20(17)10-13-5-4-8-21-13/h4-8,12,15H,3,9-10,19H2,1-2H3/t12-,15?/m0/s1. The van der Waals surface area contributed by atoms with E-state index in [0.717, 1.165) is 23.8 Å². The van der Waals surface area contributed by atoms with Crippen LogP contribution in [0.15, 0.2) is 56.3 Å². The Morgan fingerprint density at radius 2 is 2.27 bits per heavy atom. The van der Waals surface area contributed by atoms with Gasteiger partial charge in [-0.15, -0.1) is 11.8 Å². The van der Waals surface area contributed by atoms with Crippen molar-refractivity contribution < 1.29 is 4.42 Å². The molecule has 1 unspecified atom stereocenters. The van der Waals surface area contributed by atoms with Gasteiger partial charge >= 0.3 is 0 Å². The topological polar surface area (TPSA) is 42.4 Å². The molecule has 0 saturated carbocycles. The lowest BCUT2D eigenvalue weighted by Crippen LogP contribution is -2.24. The lowest BCUT2D eigenvalue weighted by Gasteiger charge is -2.28. The molecule has 22 heavy (non-hydrogen) atoms. The molecule has 3 nitrogen and oxygen atoms in total. The second kappa shape index (κ2) is 6.57. The van der Waals surface area contributed by atoms with E-state index in [0.29, 0.717) is 11.8 Å². The highest BCUT2D eigenvalue weighted by molar-refractivity contribution is 8.04. The average molecular weight is 337 g/mol. The molecule has 3 heterocycles. The van der Waals surface area contributed by atoms with E-state index in [9.17, 15) is 0 Å². The molecule has 0 amide bonds. The zero-order valence-corrected chi connectivity index (χ0v) is 14.5. The number of halogens is 1. The molecule has 0 radical (unpaired) electrons. The van der Waals surface area contributed by atoms with Gasteiger partial charge in [-0.05, 0) is 49.6 Å². The van der Waals surface area contributed by atoms with Crippen molar-refractivity contribution in [3.63, 3.8) is 0 Å². The number of nitrogens with two attached hydrogens (primary N) is 1. The van der Waals surface area contributed by atoms with Crippen molar-refractivity contribution in [1.82, 2.24) is 4.90 Å². The molecule has 2 N–H and O–H groups in total. The zero-order chi connectivity index (χ0) is 15.7. The second-order valence-corrected chi connectivity index (χ2v) is 7.36. The SMILES string of the molecule is CC[C@H](N)CC1SC2=CC=C(Cl)N(Cc3ccco3)C2=C1C. The first-order chi connectivity index (χ1) is 10.6. The van der Waals surface area contributed by atoms with Gasteiger partial charge in [0, 0.05) is 16.2 Å². The summed E-state index contributed by atoms with van der Waals surface area (Å²) in [6.45, 7) is 4.99. The Balaban J connectivity index is 1.87. The second-order valence-electron chi connectivity index (χ2n) is 5.73. The molecule has 1 aromatic rings. The summed E-state index contributed by atoms with van der Waals surface area (Å²) in [6.07, 6.45) is 7.78. The minimum absolute atomic E-state index is 0.246. The van der Waals surface area contributed by atoms with E-state index in [2.05, 4.69) is 24.8 Å². The van der Waals surface area contributed by atoms with E-state index < -0.39 is 0 Å². The van der Waals surface area contributed by atoms with Gasteiger partial charge in [-0.3, -0.25) is 0 Å². The monoisotopic (exact) mass is 336 g/mol. The maximum Gasteiger partial charge on any atom is 0.123 e. The summed E-state index contributed by atoms with van der Waals surface area (Å²) in [5, 5.41) is 1.17. The minimum Gasteiger partial charge on any atom is -0.467 e. The fraction of sp³-hybridized carbons (Fsp3) is 0.412. The Hall–Kier alpha value is -1.10. The number of allylic oxidation sites excluding steroid dienone is 2. The third-order valence-corrected chi connectivity index (χ3v) is 5.94. The Labute approximate surface area is 140 Å². The van der Waals surface area contributed by atoms with Crippen molar-refractivity contribution in [2.24, 2.45) is 5.73 Å². The maximum atomic E-state index is 6.44. The first-order valence-electron chi connectivity index (χ1n) is 7.61. The smallest absolute Gasteiger partial charge is 0.123 e.